The van der Waals surface area contributed by atoms with Gasteiger partial charge in [-0.3, -0.25) is 0 Å². The topological polar surface area (TPSA) is 82.3 Å². The van der Waals surface area contributed by atoms with Crippen LogP contribution in [0.15, 0.2) is 176 Å². The van der Waals surface area contributed by atoms with E-state index in [2.05, 4.69) is 227 Å². The Kier molecular flexibility index (Phi) is 12.2. The highest BCUT2D eigenvalue weighted by Crippen LogP contribution is 2.45. The zero-order valence-corrected chi connectivity index (χ0v) is 47.6. The van der Waals surface area contributed by atoms with E-state index in [1.54, 1.807) is 0 Å². The minimum Gasteiger partial charge on any atom is -0.308 e. The lowest BCUT2D eigenvalue weighted by molar-refractivity contribution is 0.568. The Bertz CT molecular complexity index is 4080. The van der Waals surface area contributed by atoms with Gasteiger partial charge in [0.05, 0.1) is 16.7 Å². The molecule has 12 rings (SSSR count). The van der Waals surface area contributed by atoms with Crippen LogP contribution in [-0.4, -0.2) is 34.5 Å². The van der Waals surface area contributed by atoms with Gasteiger partial charge in [0.1, 0.15) is 0 Å². The lowest BCUT2D eigenvalue weighted by atomic mass is 9.79. The van der Waals surface area contributed by atoms with Crippen LogP contribution < -0.4 is 0 Å². The first-order chi connectivity index (χ1) is 37.2. The van der Waals surface area contributed by atoms with E-state index < -0.39 is 0 Å². The van der Waals surface area contributed by atoms with Crippen molar-refractivity contribution >= 4 is 53.3 Å². The Hall–Kier alpha value is -8.20. The molecule has 0 unspecified atom stereocenters. The van der Waals surface area contributed by atoms with E-state index >= 15 is 0 Å². The quantitative estimate of drug-likeness (QED) is 0.158. The van der Waals surface area contributed by atoms with Crippen molar-refractivity contribution in [2.75, 3.05) is 0 Å². The van der Waals surface area contributed by atoms with Gasteiger partial charge in [-0.25, -0.2) is 29.9 Å². The molecule has 0 radical (unpaired) electrons. The number of nitrogens with zero attached hydrogens (tertiary/aromatic N) is 7. The van der Waals surface area contributed by atoms with Gasteiger partial charge < -0.3 is 4.57 Å². The fourth-order valence-electron chi connectivity index (χ4n) is 10.5. The molecular formula is C70H65N7S. The predicted octanol–water partition coefficient (Wildman–Crippen LogP) is 18.7. The second-order valence-electron chi connectivity index (χ2n) is 25.0. The number of benzene rings is 8. The van der Waals surface area contributed by atoms with Gasteiger partial charge >= 0.3 is 0 Å². The fourth-order valence-corrected chi connectivity index (χ4v) is 11.7. The van der Waals surface area contributed by atoms with Crippen molar-refractivity contribution in [3.63, 3.8) is 0 Å². The van der Waals surface area contributed by atoms with Crippen LogP contribution in [0, 0.1) is 0 Å². The summed E-state index contributed by atoms with van der Waals surface area (Å²) < 4.78 is 4.93. The minimum absolute atomic E-state index is 0.126. The zero-order valence-electron chi connectivity index (χ0n) is 46.8. The zero-order chi connectivity index (χ0) is 54.5. The highest BCUT2D eigenvalue weighted by Gasteiger charge is 2.27. The van der Waals surface area contributed by atoms with Gasteiger partial charge in [0.2, 0.25) is 0 Å². The predicted molar refractivity (Wildman–Crippen MR) is 328 cm³/mol. The van der Waals surface area contributed by atoms with E-state index in [9.17, 15) is 0 Å². The van der Waals surface area contributed by atoms with E-state index in [1.807, 2.05) is 47.7 Å². The number of para-hydroxylation sites is 1. The summed E-state index contributed by atoms with van der Waals surface area (Å²) in [6.45, 7) is 27.3. The summed E-state index contributed by atoms with van der Waals surface area (Å²) in [7, 11) is 0. The van der Waals surface area contributed by atoms with Gasteiger partial charge in [0, 0.05) is 64.3 Å². The molecule has 0 spiro atoms. The summed E-state index contributed by atoms with van der Waals surface area (Å²) in [5.74, 6) is 3.47. The first-order valence-electron chi connectivity index (χ1n) is 27.1. The summed E-state index contributed by atoms with van der Waals surface area (Å²) in [5.41, 5.74) is 12.8. The van der Waals surface area contributed by atoms with Crippen LogP contribution in [0.25, 0.3) is 116 Å². The van der Waals surface area contributed by atoms with Crippen molar-refractivity contribution in [2.45, 2.75) is 105 Å². The molecule has 7 nitrogen and oxygen atoms in total. The second kappa shape index (κ2) is 18.8. The molecular weight excluding hydrogens is 971 g/mol. The van der Waals surface area contributed by atoms with Crippen LogP contribution in [0.4, 0.5) is 0 Å². The van der Waals surface area contributed by atoms with Gasteiger partial charge in [-0.05, 0) is 105 Å². The standard InChI is InChI=1S/C70H65N7S/c1-67(2,3)47-35-45(36-48(40-47)68(4,5)6)64-72-63(73-65(74-64)46-37-49(69(7,8)9)41-50(38-46)70(10,11)12)44-31-33-56(54(39-44)66-75-61(42-23-15-13-16-24-42)71-62(76-66)43-25-17-14-18-26-43)77-55-29-21-19-28-53(55)59-57(77)34-32-52-51-27-20-22-30-58(51)78-60(52)59/h13-41H,1-12H3. The molecule has 0 aliphatic rings. The Balaban J connectivity index is 1.18. The SMILES string of the molecule is CC(C)(C)c1cc(-c2nc(-c3cc(C(C)(C)C)cc(C(C)(C)C)c3)nc(-c3ccc(-n4c5ccccc5c5c6sc7ccccc7c6ccc54)c(-c4nc(-c5ccccc5)nc(-c5ccccc5)n4)c3)n2)cc(C(C)(C)C)c1. The molecule has 4 aromatic heterocycles. The van der Waals surface area contributed by atoms with Crippen LogP contribution in [-0.2, 0) is 21.7 Å². The van der Waals surface area contributed by atoms with E-state index in [4.69, 9.17) is 29.9 Å². The van der Waals surface area contributed by atoms with Gasteiger partial charge in [-0.15, -0.1) is 11.3 Å². The third-order valence-corrected chi connectivity index (χ3v) is 16.3. The molecule has 12 aromatic rings. The lowest BCUT2D eigenvalue weighted by Crippen LogP contribution is -2.17. The average molecular weight is 1040 g/mol. The first-order valence-corrected chi connectivity index (χ1v) is 27.9. The number of rotatable bonds is 7. The highest BCUT2D eigenvalue weighted by molar-refractivity contribution is 7.26. The Morgan fingerprint density at radius 3 is 1.24 bits per heavy atom. The monoisotopic (exact) mass is 1040 g/mol. The molecule has 0 fully saturated rings. The maximum atomic E-state index is 5.52. The van der Waals surface area contributed by atoms with Crippen molar-refractivity contribution in [3.05, 3.63) is 198 Å². The molecule has 8 aromatic carbocycles. The minimum atomic E-state index is -0.126. The number of thiophene rings is 1. The normalized spacial score (nSPS) is 12.6. The maximum absolute atomic E-state index is 5.52. The first kappa shape index (κ1) is 50.6. The molecule has 0 bridgehead atoms. The van der Waals surface area contributed by atoms with E-state index in [1.165, 1.54) is 53.2 Å². The smallest absolute Gasteiger partial charge is 0.166 e. The molecule has 78 heavy (non-hydrogen) atoms. The molecule has 0 saturated carbocycles. The molecule has 0 aliphatic carbocycles. The molecule has 0 amide bonds. The van der Waals surface area contributed by atoms with Crippen molar-refractivity contribution in [2.24, 2.45) is 0 Å². The summed E-state index contributed by atoms with van der Waals surface area (Å²) >= 11 is 1.85. The molecule has 4 heterocycles. The molecule has 0 saturated heterocycles. The number of aromatic nitrogens is 7. The number of hydrogen-bond donors (Lipinski definition) is 0. The lowest BCUT2D eigenvalue weighted by Gasteiger charge is -2.26. The highest BCUT2D eigenvalue weighted by atomic mass is 32.1. The van der Waals surface area contributed by atoms with Gasteiger partial charge in [-0.2, -0.15) is 0 Å². The maximum Gasteiger partial charge on any atom is 0.166 e. The third-order valence-electron chi connectivity index (χ3n) is 15.1. The van der Waals surface area contributed by atoms with Crippen molar-refractivity contribution in [1.82, 2.24) is 34.5 Å². The molecule has 0 atom stereocenters. The largest absolute Gasteiger partial charge is 0.308 e. The molecule has 0 N–H and O–H groups in total. The second-order valence-corrected chi connectivity index (χ2v) is 26.0. The van der Waals surface area contributed by atoms with Gasteiger partial charge in [0.15, 0.2) is 34.9 Å². The summed E-state index contributed by atoms with van der Waals surface area (Å²) in [6, 6.07) is 62.8. The fraction of sp³-hybridized carbons (Fsp3) is 0.229. The van der Waals surface area contributed by atoms with Crippen molar-refractivity contribution in [1.29, 1.82) is 0 Å². The number of fused-ring (bicyclic) bond motifs is 7. The average Bonchev–Trinajstić information content (AvgIpc) is 4.07. The van der Waals surface area contributed by atoms with Crippen LogP contribution in [0.1, 0.15) is 105 Å². The molecule has 386 valence electrons. The summed E-state index contributed by atoms with van der Waals surface area (Å²) in [5, 5.41) is 4.92. The van der Waals surface area contributed by atoms with Crippen LogP contribution in [0.3, 0.4) is 0 Å². The Morgan fingerprint density at radius 1 is 0.321 bits per heavy atom. The third kappa shape index (κ3) is 9.36. The van der Waals surface area contributed by atoms with Gasteiger partial charge in [0.25, 0.3) is 0 Å². The summed E-state index contributed by atoms with van der Waals surface area (Å²) in [6.07, 6.45) is 0. The Labute approximate surface area is 462 Å². The van der Waals surface area contributed by atoms with E-state index in [0.29, 0.717) is 34.9 Å². The van der Waals surface area contributed by atoms with Gasteiger partial charge in [-0.1, -0.05) is 198 Å². The summed E-state index contributed by atoms with van der Waals surface area (Å²) in [4.78, 5) is 32.5. The van der Waals surface area contributed by atoms with Crippen LogP contribution in [0.2, 0.25) is 0 Å². The van der Waals surface area contributed by atoms with Crippen LogP contribution in [0.5, 0.6) is 0 Å². The van der Waals surface area contributed by atoms with Crippen molar-refractivity contribution < 1.29 is 0 Å². The van der Waals surface area contributed by atoms with E-state index in [-0.39, 0.29) is 21.7 Å². The number of hydrogen-bond acceptors (Lipinski definition) is 7. The molecule has 8 heteroatoms. The van der Waals surface area contributed by atoms with Crippen molar-refractivity contribution in [3.8, 4) is 74.0 Å². The Morgan fingerprint density at radius 2 is 0.744 bits per heavy atom. The van der Waals surface area contributed by atoms with E-state index in [0.717, 1.165) is 50.1 Å². The molecule has 0 aliphatic heterocycles. The van der Waals surface area contributed by atoms with Crippen LogP contribution >= 0.6 is 11.3 Å².